The number of fused-ring (bicyclic) bond motifs is 1. The lowest BCUT2D eigenvalue weighted by molar-refractivity contribution is -0.121. The maximum absolute atomic E-state index is 12.5. The Hall–Kier alpha value is -2.88. The lowest BCUT2D eigenvalue weighted by atomic mass is 9.87. The number of para-hydroxylation sites is 1. The Kier molecular flexibility index (Phi) is 4.34. The SMILES string of the molecule is O=C(Cc1cnn(-c2ccccc2)c1)NC1CCCc2ccccc21. The topological polar surface area (TPSA) is 46.9 Å². The Labute approximate surface area is 147 Å². The van der Waals surface area contributed by atoms with Crippen LogP contribution in [0.15, 0.2) is 67.0 Å². The van der Waals surface area contributed by atoms with Gasteiger partial charge in [0.2, 0.25) is 5.91 Å². The minimum absolute atomic E-state index is 0.0503. The van der Waals surface area contributed by atoms with E-state index in [-0.39, 0.29) is 11.9 Å². The number of carbonyl (C=O) groups excluding carboxylic acids is 1. The molecule has 0 spiro atoms. The zero-order valence-electron chi connectivity index (χ0n) is 14.1. The van der Waals surface area contributed by atoms with Gasteiger partial charge in [0, 0.05) is 6.20 Å². The maximum Gasteiger partial charge on any atom is 0.225 e. The van der Waals surface area contributed by atoms with Gasteiger partial charge in [-0.3, -0.25) is 4.79 Å². The van der Waals surface area contributed by atoms with Crippen molar-refractivity contribution in [3.05, 3.63) is 83.7 Å². The second kappa shape index (κ2) is 6.93. The van der Waals surface area contributed by atoms with E-state index >= 15 is 0 Å². The lowest BCUT2D eigenvalue weighted by Crippen LogP contribution is -2.32. The van der Waals surface area contributed by atoms with Crippen molar-refractivity contribution >= 4 is 5.91 Å². The van der Waals surface area contributed by atoms with Crippen molar-refractivity contribution < 1.29 is 4.79 Å². The van der Waals surface area contributed by atoms with E-state index in [1.165, 1.54) is 11.1 Å². The van der Waals surface area contributed by atoms with Crippen molar-refractivity contribution in [2.75, 3.05) is 0 Å². The summed E-state index contributed by atoms with van der Waals surface area (Å²) in [6, 6.07) is 18.5. The molecule has 0 saturated heterocycles. The molecule has 4 rings (SSSR count). The molecule has 25 heavy (non-hydrogen) atoms. The molecule has 1 aliphatic carbocycles. The van der Waals surface area contributed by atoms with Gasteiger partial charge in [0.25, 0.3) is 0 Å². The summed E-state index contributed by atoms with van der Waals surface area (Å²) in [6.45, 7) is 0. The van der Waals surface area contributed by atoms with Gasteiger partial charge in [-0.25, -0.2) is 4.68 Å². The number of benzene rings is 2. The molecule has 1 N–H and O–H groups in total. The van der Waals surface area contributed by atoms with Gasteiger partial charge in [-0.15, -0.1) is 0 Å². The second-order valence-electron chi connectivity index (χ2n) is 6.52. The van der Waals surface area contributed by atoms with E-state index in [0.29, 0.717) is 6.42 Å². The van der Waals surface area contributed by atoms with E-state index < -0.39 is 0 Å². The van der Waals surface area contributed by atoms with Crippen LogP contribution in [0.1, 0.15) is 35.6 Å². The van der Waals surface area contributed by atoms with Crippen LogP contribution in [0.25, 0.3) is 5.69 Å². The summed E-state index contributed by atoms with van der Waals surface area (Å²) in [6.07, 6.45) is 7.27. The van der Waals surface area contributed by atoms with E-state index in [4.69, 9.17) is 0 Å². The summed E-state index contributed by atoms with van der Waals surface area (Å²) in [5, 5.41) is 7.56. The third-order valence-electron chi connectivity index (χ3n) is 4.73. The predicted molar refractivity (Wildman–Crippen MR) is 97.5 cm³/mol. The molecule has 0 fully saturated rings. The molecule has 3 aromatic rings. The molecule has 1 amide bonds. The highest BCUT2D eigenvalue weighted by Gasteiger charge is 2.21. The molecule has 1 atom stereocenters. The van der Waals surface area contributed by atoms with E-state index in [1.54, 1.807) is 10.9 Å². The summed E-state index contributed by atoms with van der Waals surface area (Å²) >= 11 is 0. The van der Waals surface area contributed by atoms with Crippen molar-refractivity contribution in [2.24, 2.45) is 0 Å². The molecule has 1 heterocycles. The highest BCUT2D eigenvalue weighted by atomic mass is 16.1. The second-order valence-corrected chi connectivity index (χ2v) is 6.52. The van der Waals surface area contributed by atoms with Gasteiger partial charge >= 0.3 is 0 Å². The van der Waals surface area contributed by atoms with Crippen LogP contribution in [0.4, 0.5) is 0 Å². The van der Waals surface area contributed by atoms with Gasteiger partial charge < -0.3 is 5.32 Å². The molecule has 0 aliphatic heterocycles. The van der Waals surface area contributed by atoms with Gasteiger partial charge in [-0.1, -0.05) is 42.5 Å². The van der Waals surface area contributed by atoms with Gasteiger partial charge in [-0.05, 0) is 48.1 Å². The maximum atomic E-state index is 12.5. The molecule has 4 heteroatoms. The highest BCUT2D eigenvalue weighted by Crippen LogP contribution is 2.29. The first-order valence-electron chi connectivity index (χ1n) is 8.76. The Morgan fingerprint density at radius 2 is 1.92 bits per heavy atom. The van der Waals surface area contributed by atoms with Crippen molar-refractivity contribution in [1.82, 2.24) is 15.1 Å². The Morgan fingerprint density at radius 1 is 1.12 bits per heavy atom. The average molecular weight is 331 g/mol. The van der Waals surface area contributed by atoms with Crippen LogP contribution < -0.4 is 5.32 Å². The molecule has 2 aromatic carbocycles. The molecule has 0 bridgehead atoms. The number of nitrogens with zero attached hydrogens (tertiary/aromatic N) is 2. The Balaban J connectivity index is 1.43. The minimum Gasteiger partial charge on any atom is -0.349 e. The molecule has 126 valence electrons. The quantitative estimate of drug-likeness (QED) is 0.794. The monoisotopic (exact) mass is 331 g/mol. The minimum atomic E-state index is 0.0503. The smallest absolute Gasteiger partial charge is 0.225 e. The van der Waals surface area contributed by atoms with Crippen molar-refractivity contribution in [1.29, 1.82) is 0 Å². The van der Waals surface area contributed by atoms with Crippen LogP contribution >= 0.6 is 0 Å². The normalized spacial score (nSPS) is 16.2. The van der Waals surface area contributed by atoms with E-state index in [1.807, 2.05) is 42.6 Å². The fraction of sp³-hybridized carbons (Fsp3) is 0.238. The molecule has 4 nitrogen and oxygen atoms in total. The van der Waals surface area contributed by atoms with Crippen molar-refractivity contribution in [2.45, 2.75) is 31.7 Å². The average Bonchev–Trinajstić information content (AvgIpc) is 3.11. The summed E-state index contributed by atoms with van der Waals surface area (Å²) in [5.41, 5.74) is 4.54. The number of rotatable bonds is 4. The van der Waals surface area contributed by atoms with Crippen LogP contribution in [0.5, 0.6) is 0 Å². The zero-order chi connectivity index (χ0) is 17.1. The highest BCUT2D eigenvalue weighted by molar-refractivity contribution is 5.79. The molecule has 0 radical (unpaired) electrons. The summed E-state index contributed by atoms with van der Waals surface area (Å²) < 4.78 is 1.80. The summed E-state index contributed by atoms with van der Waals surface area (Å²) in [5.74, 6) is 0.0503. The number of aryl methyl sites for hydroxylation is 1. The van der Waals surface area contributed by atoms with Gasteiger partial charge in [0.1, 0.15) is 0 Å². The number of amides is 1. The third kappa shape index (κ3) is 3.48. The number of hydrogen-bond acceptors (Lipinski definition) is 2. The van der Waals surface area contributed by atoms with Crippen LogP contribution in [0.2, 0.25) is 0 Å². The van der Waals surface area contributed by atoms with E-state index in [9.17, 15) is 4.79 Å². The van der Waals surface area contributed by atoms with Gasteiger partial charge in [-0.2, -0.15) is 5.10 Å². The fourth-order valence-corrected chi connectivity index (χ4v) is 3.51. The first-order valence-corrected chi connectivity index (χ1v) is 8.76. The van der Waals surface area contributed by atoms with Gasteiger partial charge in [0.05, 0.1) is 24.3 Å². The molecule has 0 saturated carbocycles. The fourth-order valence-electron chi connectivity index (χ4n) is 3.51. The number of carbonyl (C=O) groups is 1. The van der Waals surface area contributed by atoms with E-state index in [2.05, 4.69) is 28.6 Å². The number of aromatic nitrogens is 2. The van der Waals surface area contributed by atoms with Crippen LogP contribution in [-0.2, 0) is 17.6 Å². The molecule has 1 unspecified atom stereocenters. The summed E-state index contributed by atoms with van der Waals surface area (Å²) in [7, 11) is 0. The third-order valence-corrected chi connectivity index (χ3v) is 4.73. The van der Waals surface area contributed by atoms with Crippen LogP contribution in [0, 0.1) is 0 Å². The van der Waals surface area contributed by atoms with Crippen LogP contribution in [-0.4, -0.2) is 15.7 Å². The molecular formula is C21H21N3O. The molecule has 1 aromatic heterocycles. The van der Waals surface area contributed by atoms with Gasteiger partial charge in [0.15, 0.2) is 0 Å². The first-order chi connectivity index (χ1) is 12.3. The number of nitrogens with one attached hydrogen (secondary N) is 1. The van der Waals surface area contributed by atoms with Crippen molar-refractivity contribution in [3.63, 3.8) is 0 Å². The lowest BCUT2D eigenvalue weighted by Gasteiger charge is -2.26. The molecule has 1 aliphatic rings. The van der Waals surface area contributed by atoms with Crippen molar-refractivity contribution in [3.8, 4) is 5.69 Å². The Bertz CT molecular complexity index is 870. The van der Waals surface area contributed by atoms with Crippen LogP contribution in [0.3, 0.4) is 0 Å². The summed E-state index contributed by atoms with van der Waals surface area (Å²) in [4.78, 5) is 12.5. The predicted octanol–water partition coefficient (Wildman–Crippen LogP) is 3.61. The standard InChI is InChI=1S/C21H21N3O/c25-21(23-20-12-6-8-17-7-4-5-11-19(17)20)13-16-14-22-24(15-16)18-9-2-1-3-10-18/h1-5,7,9-11,14-15,20H,6,8,12-13H2,(H,23,25). The first kappa shape index (κ1) is 15.6. The largest absolute Gasteiger partial charge is 0.349 e. The zero-order valence-corrected chi connectivity index (χ0v) is 14.1. The number of hydrogen-bond donors (Lipinski definition) is 1. The molecular weight excluding hydrogens is 310 g/mol. The van der Waals surface area contributed by atoms with E-state index in [0.717, 1.165) is 30.5 Å². The Morgan fingerprint density at radius 3 is 2.80 bits per heavy atom.